The Balaban J connectivity index is 2.34. The van der Waals surface area contributed by atoms with E-state index in [1.807, 2.05) is 0 Å². The minimum absolute atomic E-state index is 0.126. The molecule has 1 aromatic heterocycles. The fraction of sp³-hybridized carbons (Fsp3) is 0.0833. The normalized spacial score (nSPS) is 11.2. The molecule has 2 rings (SSSR count). The standard InChI is InChI=1S/C12H13N3O2S/c1-9-7-10(13)4-5-12(9)15-18(16,17)11-3-2-6-14-8-11/h2-8,15H,13H2,1H3. The summed E-state index contributed by atoms with van der Waals surface area (Å²) in [6.45, 7) is 1.79. The SMILES string of the molecule is Cc1cc(N)ccc1NS(=O)(=O)c1cccnc1. The summed E-state index contributed by atoms with van der Waals surface area (Å²) in [7, 11) is -3.60. The summed E-state index contributed by atoms with van der Waals surface area (Å²) in [6, 6.07) is 8.06. The maximum atomic E-state index is 12.1. The maximum Gasteiger partial charge on any atom is 0.263 e. The molecule has 0 aliphatic heterocycles. The first-order valence-corrected chi connectivity index (χ1v) is 6.76. The summed E-state index contributed by atoms with van der Waals surface area (Å²) in [5.74, 6) is 0. The zero-order chi connectivity index (χ0) is 13.2. The number of aromatic nitrogens is 1. The number of hydrogen-bond donors (Lipinski definition) is 2. The van der Waals surface area contributed by atoms with Gasteiger partial charge in [-0.3, -0.25) is 9.71 Å². The highest BCUT2D eigenvalue weighted by Crippen LogP contribution is 2.21. The quantitative estimate of drug-likeness (QED) is 0.826. The number of aryl methyl sites for hydroxylation is 1. The van der Waals surface area contributed by atoms with Crippen molar-refractivity contribution in [3.05, 3.63) is 48.3 Å². The van der Waals surface area contributed by atoms with Crippen LogP contribution in [0.1, 0.15) is 5.56 Å². The second-order valence-electron chi connectivity index (χ2n) is 3.87. The third kappa shape index (κ3) is 2.60. The van der Waals surface area contributed by atoms with E-state index in [0.29, 0.717) is 11.4 Å². The van der Waals surface area contributed by atoms with Gasteiger partial charge in [0.05, 0.1) is 5.69 Å². The van der Waals surface area contributed by atoms with E-state index in [4.69, 9.17) is 5.73 Å². The number of nitrogens with two attached hydrogens (primary N) is 1. The highest BCUT2D eigenvalue weighted by molar-refractivity contribution is 7.92. The number of nitrogens with one attached hydrogen (secondary N) is 1. The van der Waals surface area contributed by atoms with Gasteiger partial charge in [0, 0.05) is 18.1 Å². The molecule has 2 aromatic rings. The first-order chi connectivity index (χ1) is 8.49. The molecule has 5 nitrogen and oxygen atoms in total. The van der Waals surface area contributed by atoms with Crippen LogP contribution in [-0.4, -0.2) is 13.4 Å². The lowest BCUT2D eigenvalue weighted by atomic mass is 10.2. The molecule has 0 atom stereocenters. The lowest BCUT2D eigenvalue weighted by molar-refractivity contribution is 0.601. The number of pyridine rings is 1. The Labute approximate surface area is 106 Å². The van der Waals surface area contributed by atoms with E-state index in [2.05, 4.69) is 9.71 Å². The van der Waals surface area contributed by atoms with Crippen LogP contribution in [0.3, 0.4) is 0 Å². The topological polar surface area (TPSA) is 85.1 Å². The van der Waals surface area contributed by atoms with Crippen molar-refractivity contribution in [3.8, 4) is 0 Å². The first-order valence-electron chi connectivity index (χ1n) is 5.28. The van der Waals surface area contributed by atoms with E-state index in [9.17, 15) is 8.42 Å². The summed E-state index contributed by atoms with van der Waals surface area (Å²) < 4.78 is 26.6. The first kappa shape index (κ1) is 12.4. The molecule has 1 aromatic carbocycles. The third-order valence-corrected chi connectivity index (χ3v) is 3.79. The monoisotopic (exact) mass is 263 g/mol. The molecular formula is C12H13N3O2S. The molecule has 18 heavy (non-hydrogen) atoms. The second kappa shape index (κ2) is 4.66. The maximum absolute atomic E-state index is 12.1. The number of anilines is 2. The Kier molecular flexibility index (Phi) is 3.20. The minimum atomic E-state index is -3.60. The number of benzene rings is 1. The lowest BCUT2D eigenvalue weighted by Crippen LogP contribution is -2.14. The number of hydrogen-bond acceptors (Lipinski definition) is 4. The smallest absolute Gasteiger partial charge is 0.263 e. The van der Waals surface area contributed by atoms with Crippen molar-refractivity contribution in [2.45, 2.75) is 11.8 Å². The highest BCUT2D eigenvalue weighted by atomic mass is 32.2. The molecule has 1 heterocycles. The largest absolute Gasteiger partial charge is 0.399 e. The van der Waals surface area contributed by atoms with Crippen LogP contribution in [0.4, 0.5) is 11.4 Å². The van der Waals surface area contributed by atoms with Crippen molar-refractivity contribution >= 4 is 21.4 Å². The lowest BCUT2D eigenvalue weighted by Gasteiger charge is -2.10. The van der Waals surface area contributed by atoms with Crippen LogP contribution in [0.2, 0.25) is 0 Å². The van der Waals surface area contributed by atoms with Gasteiger partial charge in [-0.1, -0.05) is 0 Å². The summed E-state index contributed by atoms with van der Waals surface area (Å²) in [4.78, 5) is 3.92. The Morgan fingerprint density at radius 2 is 2.06 bits per heavy atom. The van der Waals surface area contributed by atoms with Crippen LogP contribution in [0.5, 0.6) is 0 Å². The summed E-state index contributed by atoms with van der Waals surface area (Å²) >= 11 is 0. The Bertz CT molecular complexity index is 654. The van der Waals surface area contributed by atoms with Gasteiger partial charge in [-0.2, -0.15) is 0 Å². The molecule has 0 bridgehead atoms. The minimum Gasteiger partial charge on any atom is -0.399 e. The molecule has 0 amide bonds. The number of rotatable bonds is 3. The van der Waals surface area contributed by atoms with E-state index in [1.165, 1.54) is 18.5 Å². The summed E-state index contributed by atoms with van der Waals surface area (Å²) in [6.07, 6.45) is 2.82. The van der Waals surface area contributed by atoms with Gasteiger partial charge in [0.1, 0.15) is 4.90 Å². The van der Waals surface area contributed by atoms with Gasteiger partial charge in [-0.25, -0.2) is 8.42 Å². The van der Waals surface area contributed by atoms with Gasteiger partial charge in [0.2, 0.25) is 0 Å². The number of nitrogens with zero attached hydrogens (tertiary/aromatic N) is 1. The molecule has 0 saturated carbocycles. The van der Waals surface area contributed by atoms with E-state index in [0.717, 1.165) is 5.56 Å². The second-order valence-corrected chi connectivity index (χ2v) is 5.55. The van der Waals surface area contributed by atoms with E-state index < -0.39 is 10.0 Å². The van der Waals surface area contributed by atoms with E-state index >= 15 is 0 Å². The van der Waals surface area contributed by atoms with Crippen molar-refractivity contribution in [2.24, 2.45) is 0 Å². The van der Waals surface area contributed by atoms with Gasteiger partial charge in [-0.05, 0) is 42.8 Å². The highest BCUT2D eigenvalue weighted by Gasteiger charge is 2.14. The van der Waals surface area contributed by atoms with Gasteiger partial charge in [0.25, 0.3) is 10.0 Å². The van der Waals surface area contributed by atoms with Crippen molar-refractivity contribution < 1.29 is 8.42 Å². The van der Waals surface area contributed by atoms with Crippen molar-refractivity contribution in [2.75, 3.05) is 10.5 Å². The average molecular weight is 263 g/mol. The summed E-state index contributed by atoms with van der Waals surface area (Å²) in [5.41, 5.74) is 7.48. The number of nitrogen functional groups attached to an aromatic ring is 1. The Morgan fingerprint density at radius 1 is 1.28 bits per heavy atom. The van der Waals surface area contributed by atoms with Crippen molar-refractivity contribution in [3.63, 3.8) is 0 Å². The number of sulfonamides is 1. The predicted octanol–water partition coefficient (Wildman–Crippen LogP) is 1.77. The average Bonchev–Trinajstić information content (AvgIpc) is 2.34. The van der Waals surface area contributed by atoms with Crippen LogP contribution < -0.4 is 10.5 Å². The van der Waals surface area contributed by atoms with E-state index in [-0.39, 0.29) is 4.90 Å². The fourth-order valence-electron chi connectivity index (χ4n) is 1.51. The van der Waals surface area contributed by atoms with Crippen LogP contribution in [0.25, 0.3) is 0 Å². The Morgan fingerprint density at radius 3 is 2.67 bits per heavy atom. The van der Waals surface area contributed by atoms with E-state index in [1.54, 1.807) is 31.2 Å². The molecule has 0 spiro atoms. The van der Waals surface area contributed by atoms with Crippen LogP contribution in [-0.2, 0) is 10.0 Å². The zero-order valence-corrected chi connectivity index (χ0v) is 10.6. The van der Waals surface area contributed by atoms with Gasteiger partial charge in [-0.15, -0.1) is 0 Å². The molecule has 0 unspecified atom stereocenters. The molecule has 0 fully saturated rings. The Hall–Kier alpha value is -2.08. The van der Waals surface area contributed by atoms with Gasteiger partial charge in [0.15, 0.2) is 0 Å². The van der Waals surface area contributed by atoms with Gasteiger partial charge < -0.3 is 5.73 Å². The molecule has 0 aliphatic carbocycles. The molecule has 94 valence electrons. The van der Waals surface area contributed by atoms with Crippen molar-refractivity contribution in [1.29, 1.82) is 0 Å². The fourth-order valence-corrected chi connectivity index (χ4v) is 2.60. The molecule has 0 aliphatic rings. The zero-order valence-electron chi connectivity index (χ0n) is 9.79. The summed E-state index contributed by atoms with van der Waals surface area (Å²) in [5, 5.41) is 0. The predicted molar refractivity (Wildman–Crippen MR) is 70.6 cm³/mol. The van der Waals surface area contributed by atoms with Crippen LogP contribution in [0.15, 0.2) is 47.6 Å². The van der Waals surface area contributed by atoms with Crippen LogP contribution >= 0.6 is 0 Å². The van der Waals surface area contributed by atoms with Crippen LogP contribution in [0, 0.1) is 6.92 Å². The molecule has 6 heteroatoms. The molecule has 0 radical (unpaired) electrons. The van der Waals surface area contributed by atoms with Crippen molar-refractivity contribution in [1.82, 2.24) is 4.98 Å². The van der Waals surface area contributed by atoms with Gasteiger partial charge >= 0.3 is 0 Å². The molecule has 3 N–H and O–H groups in total. The third-order valence-electron chi connectivity index (χ3n) is 2.44. The molecular weight excluding hydrogens is 250 g/mol. The molecule has 0 saturated heterocycles.